The van der Waals surface area contributed by atoms with Crippen LogP contribution in [-0.4, -0.2) is 55.2 Å². The van der Waals surface area contributed by atoms with Crippen molar-refractivity contribution in [3.63, 3.8) is 0 Å². The molecule has 7 heteroatoms. The first-order valence-corrected chi connectivity index (χ1v) is 6.70. The minimum absolute atomic E-state index is 0. The van der Waals surface area contributed by atoms with E-state index in [0.29, 0.717) is 6.54 Å². The van der Waals surface area contributed by atoms with Crippen LogP contribution >= 0.6 is 24.8 Å². The monoisotopic (exact) mass is 329 g/mol. The van der Waals surface area contributed by atoms with Gasteiger partial charge in [-0.3, -0.25) is 9.69 Å². The predicted octanol–water partition coefficient (Wildman–Crippen LogP) is 1.04. The molecule has 1 saturated heterocycles. The van der Waals surface area contributed by atoms with Crippen LogP contribution in [0, 0.1) is 5.92 Å². The summed E-state index contributed by atoms with van der Waals surface area (Å²) in [5.41, 5.74) is 5.76. The van der Waals surface area contributed by atoms with Crippen molar-refractivity contribution in [2.75, 3.05) is 32.8 Å². The summed E-state index contributed by atoms with van der Waals surface area (Å²) in [6, 6.07) is -0.425. The molecular formula is C13H29Cl2N3O2. The van der Waals surface area contributed by atoms with Crippen molar-refractivity contribution in [1.29, 1.82) is 0 Å². The van der Waals surface area contributed by atoms with Crippen LogP contribution in [0.4, 0.5) is 0 Å². The smallest absolute Gasteiger partial charge is 0.237 e. The Labute approximate surface area is 134 Å². The molecule has 0 aromatic carbocycles. The summed E-state index contributed by atoms with van der Waals surface area (Å²) in [6.45, 7) is 12.2. The van der Waals surface area contributed by atoms with Gasteiger partial charge in [-0.15, -0.1) is 24.8 Å². The average molecular weight is 330 g/mol. The first-order valence-electron chi connectivity index (χ1n) is 6.70. The van der Waals surface area contributed by atoms with Gasteiger partial charge in [-0.25, -0.2) is 0 Å². The molecule has 1 amide bonds. The molecule has 0 bridgehead atoms. The first kappa shape index (κ1) is 22.2. The van der Waals surface area contributed by atoms with Crippen molar-refractivity contribution in [3.8, 4) is 0 Å². The molecule has 1 fully saturated rings. The standard InChI is InChI=1S/C13H27N3O2.2ClH/c1-10(2)11(14)12(17)15-9-13(3,4)16-5-7-18-8-6-16;;/h10-11H,5-9,14H2,1-4H3,(H,15,17);2*1H. The number of nitrogens with one attached hydrogen (secondary N) is 1. The molecule has 20 heavy (non-hydrogen) atoms. The SMILES string of the molecule is CC(C)C(N)C(=O)NCC(C)(C)N1CCOCC1.Cl.Cl. The number of morpholine rings is 1. The Kier molecular flexibility index (Phi) is 10.9. The van der Waals surface area contributed by atoms with Crippen LogP contribution in [0.25, 0.3) is 0 Å². The molecule has 3 N–H and O–H groups in total. The van der Waals surface area contributed by atoms with E-state index in [0.717, 1.165) is 26.3 Å². The number of hydrogen-bond acceptors (Lipinski definition) is 4. The van der Waals surface area contributed by atoms with Crippen LogP contribution in [0.3, 0.4) is 0 Å². The van der Waals surface area contributed by atoms with Gasteiger partial charge in [0.25, 0.3) is 0 Å². The van der Waals surface area contributed by atoms with Gasteiger partial charge < -0.3 is 15.8 Å². The molecule has 1 aliphatic rings. The second-order valence-corrected chi connectivity index (χ2v) is 5.90. The number of carbonyl (C=O) groups excluding carboxylic acids is 1. The average Bonchev–Trinajstić information content (AvgIpc) is 2.36. The molecule has 1 heterocycles. The third-order valence-corrected chi connectivity index (χ3v) is 3.58. The van der Waals surface area contributed by atoms with Gasteiger partial charge in [-0.05, 0) is 19.8 Å². The maximum atomic E-state index is 11.8. The van der Waals surface area contributed by atoms with Gasteiger partial charge in [0, 0.05) is 25.2 Å². The summed E-state index contributed by atoms with van der Waals surface area (Å²) in [5.74, 6) is 0.0998. The third kappa shape index (κ3) is 6.59. The van der Waals surface area contributed by atoms with Crippen LogP contribution in [-0.2, 0) is 9.53 Å². The van der Waals surface area contributed by atoms with Crippen molar-refractivity contribution < 1.29 is 9.53 Å². The fourth-order valence-electron chi connectivity index (χ4n) is 2.00. The Bertz CT molecular complexity index is 283. The number of carbonyl (C=O) groups is 1. The lowest BCUT2D eigenvalue weighted by Crippen LogP contribution is -2.57. The Morgan fingerprint density at radius 3 is 2.25 bits per heavy atom. The van der Waals surface area contributed by atoms with E-state index in [-0.39, 0.29) is 42.2 Å². The lowest BCUT2D eigenvalue weighted by atomic mass is 10.0. The molecule has 1 rings (SSSR count). The van der Waals surface area contributed by atoms with Crippen molar-refractivity contribution in [2.45, 2.75) is 39.3 Å². The van der Waals surface area contributed by atoms with E-state index >= 15 is 0 Å². The molecule has 0 saturated carbocycles. The van der Waals surface area contributed by atoms with Gasteiger partial charge in [-0.2, -0.15) is 0 Å². The normalized spacial score (nSPS) is 17.9. The van der Waals surface area contributed by atoms with E-state index in [1.165, 1.54) is 0 Å². The van der Waals surface area contributed by atoms with Crippen LogP contribution in [0.15, 0.2) is 0 Å². The zero-order valence-electron chi connectivity index (χ0n) is 12.8. The summed E-state index contributed by atoms with van der Waals surface area (Å²) < 4.78 is 5.34. The summed E-state index contributed by atoms with van der Waals surface area (Å²) in [7, 11) is 0. The Balaban J connectivity index is 0. The summed E-state index contributed by atoms with van der Waals surface area (Å²) in [5, 5.41) is 2.95. The quantitative estimate of drug-likeness (QED) is 0.790. The number of nitrogens with two attached hydrogens (primary N) is 1. The van der Waals surface area contributed by atoms with Gasteiger partial charge in [0.2, 0.25) is 5.91 Å². The molecule has 122 valence electrons. The van der Waals surface area contributed by atoms with Crippen LogP contribution in [0.2, 0.25) is 0 Å². The van der Waals surface area contributed by atoms with E-state index in [1.807, 2.05) is 13.8 Å². The third-order valence-electron chi connectivity index (χ3n) is 3.58. The molecule has 0 aromatic rings. The number of nitrogens with zero attached hydrogens (tertiary/aromatic N) is 1. The lowest BCUT2D eigenvalue weighted by molar-refractivity contribution is -0.124. The van der Waals surface area contributed by atoms with E-state index in [4.69, 9.17) is 10.5 Å². The van der Waals surface area contributed by atoms with E-state index in [9.17, 15) is 4.79 Å². The highest BCUT2D eigenvalue weighted by Gasteiger charge is 2.29. The zero-order chi connectivity index (χ0) is 13.8. The van der Waals surface area contributed by atoms with Gasteiger partial charge in [0.1, 0.15) is 0 Å². The highest BCUT2D eigenvalue weighted by Crippen LogP contribution is 2.15. The first-order chi connectivity index (χ1) is 8.34. The highest BCUT2D eigenvalue weighted by atomic mass is 35.5. The fourth-order valence-corrected chi connectivity index (χ4v) is 2.00. The maximum Gasteiger partial charge on any atom is 0.237 e. The minimum atomic E-state index is -0.425. The van der Waals surface area contributed by atoms with Gasteiger partial charge in [0.05, 0.1) is 19.3 Å². The number of hydrogen-bond donors (Lipinski definition) is 2. The summed E-state index contributed by atoms with van der Waals surface area (Å²) in [6.07, 6.45) is 0. The Morgan fingerprint density at radius 2 is 1.80 bits per heavy atom. The predicted molar refractivity (Wildman–Crippen MR) is 86.8 cm³/mol. The van der Waals surface area contributed by atoms with Gasteiger partial charge in [-0.1, -0.05) is 13.8 Å². The Morgan fingerprint density at radius 1 is 1.30 bits per heavy atom. The summed E-state index contributed by atoms with van der Waals surface area (Å²) in [4.78, 5) is 14.2. The van der Waals surface area contributed by atoms with Crippen LogP contribution in [0.1, 0.15) is 27.7 Å². The van der Waals surface area contributed by atoms with Gasteiger partial charge in [0.15, 0.2) is 0 Å². The lowest BCUT2D eigenvalue weighted by Gasteiger charge is -2.41. The number of halogens is 2. The molecule has 0 aromatic heterocycles. The van der Waals surface area contributed by atoms with Crippen LogP contribution in [0.5, 0.6) is 0 Å². The number of ether oxygens (including phenoxy) is 1. The highest BCUT2D eigenvalue weighted by molar-refractivity contribution is 5.85. The molecule has 0 radical (unpaired) electrons. The number of amides is 1. The van der Waals surface area contributed by atoms with Crippen molar-refractivity contribution in [2.24, 2.45) is 11.7 Å². The van der Waals surface area contributed by atoms with Crippen molar-refractivity contribution in [1.82, 2.24) is 10.2 Å². The molecular weight excluding hydrogens is 301 g/mol. The van der Waals surface area contributed by atoms with Crippen molar-refractivity contribution >= 4 is 30.7 Å². The molecule has 1 unspecified atom stereocenters. The van der Waals surface area contributed by atoms with E-state index in [2.05, 4.69) is 24.1 Å². The molecule has 5 nitrogen and oxygen atoms in total. The molecule has 0 spiro atoms. The largest absolute Gasteiger partial charge is 0.379 e. The molecule has 1 atom stereocenters. The topological polar surface area (TPSA) is 67.6 Å². The maximum absolute atomic E-state index is 11.8. The van der Waals surface area contributed by atoms with Crippen molar-refractivity contribution in [3.05, 3.63) is 0 Å². The fraction of sp³-hybridized carbons (Fsp3) is 0.923. The second kappa shape index (κ2) is 9.79. The zero-order valence-corrected chi connectivity index (χ0v) is 14.5. The minimum Gasteiger partial charge on any atom is -0.379 e. The van der Waals surface area contributed by atoms with E-state index < -0.39 is 6.04 Å². The molecule has 1 aliphatic heterocycles. The molecule has 0 aliphatic carbocycles. The van der Waals surface area contributed by atoms with Gasteiger partial charge >= 0.3 is 0 Å². The Hall–Kier alpha value is -0.0700. The second-order valence-electron chi connectivity index (χ2n) is 5.90. The van der Waals surface area contributed by atoms with E-state index in [1.54, 1.807) is 0 Å². The number of rotatable bonds is 5. The summed E-state index contributed by atoms with van der Waals surface area (Å²) >= 11 is 0. The van der Waals surface area contributed by atoms with Crippen LogP contribution < -0.4 is 11.1 Å².